The lowest BCUT2D eigenvalue weighted by molar-refractivity contribution is 0.0450. The topological polar surface area (TPSA) is 135 Å². The van der Waals surface area contributed by atoms with Crippen molar-refractivity contribution in [1.82, 2.24) is 0 Å². The zero-order valence-electron chi connectivity index (χ0n) is 32.5. The van der Waals surface area contributed by atoms with Crippen molar-refractivity contribution < 1.29 is 24.2 Å². The van der Waals surface area contributed by atoms with Crippen molar-refractivity contribution in [2.45, 2.75) is 34.1 Å². The van der Waals surface area contributed by atoms with Crippen molar-refractivity contribution in [2.24, 2.45) is 22.4 Å². The third kappa shape index (κ3) is 7.63. The van der Waals surface area contributed by atoms with Crippen LogP contribution in [0.5, 0.6) is 0 Å². The predicted molar refractivity (Wildman–Crippen MR) is 232 cm³/mol. The fraction of sp³-hybridized carbons (Fsp3) is 0.196. The van der Waals surface area contributed by atoms with E-state index in [4.69, 9.17) is 20.0 Å². The number of rotatable bonds is 11. The van der Waals surface area contributed by atoms with Crippen LogP contribution in [-0.4, -0.2) is 44.2 Å². The van der Waals surface area contributed by atoms with Gasteiger partial charge in [-0.05, 0) is 81.6 Å². The summed E-state index contributed by atoms with van der Waals surface area (Å²) in [6, 6.07) is 37.0. The Bertz CT molecular complexity index is 2700. The minimum Gasteiger partial charge on any atom is -0.507 e. The molecule has 284 valence electrons. The summed E-state index contributed by atoms with van der Waals surface area (Å²) in [5, 5.41) is 24.5. The van der Waals surface area contributed by atoms with Gasteiger partial charge in [0, 0.05) is 44.9 Å². The van der Waals surface area contributed by atoms with E-state index in [0.717, 1.165) is 71.1 Å². The molecule has 0 spiro atoms. The first-order chi connectivity index (χ1) is 27.5. The Morgan fingerprint density at radius 1 is 0.807 bits per heavy atom. The summed E-state index contributed by atoms with van der Waals surface area (Å²) < 4.78 is 10.8. The lowest BCUT2D eigenvalue weighted by Gasteiger charge is -2.25. The quantitative estimate of drug-likeness (QED) is 0.0889. The van der Waals surface area contributed by atoms with Crippen molar-refractivity contribution in [3.8, 4) is 0 Å². The molecule has 6 aromatic carbocycles. The van der Waals surface area contributed by atoms with Gasteiger partial charge in [-0.1, -0.05) is 100 Å². The number of aliphatic hydroxyl groups excluding tert-OH is 1. The number of hydrogen-bond donors (Lipinski definition) is 4. The highest BCUT2D eigenvalue weighted by Crippen LogP contribution is 2.41. The standard InChI is InChI=1S/C46H44B2N4O5/c1-27(2)25-56-45(54)31-13-18-34(19-14-31)47(49)50-40-9-5-7-29-11-12-33(23-37(29)40)38-24-39(44(38)53)36-22-17-30-8-6-10-41-42(30)43(36)52-48(51-41)35-20-15-32(16-21-35)46(55)57-26-28(3)4/h5-23,27-28,50-51,53H,24-26,49H2,1-4H3/b39-36+. The first-order valence-electron chi connectivity index (χ1n) is 19.4. The summed E-state index contributed by atoms with van der Waals surface area (Å²) in [6.45, 7) is 7.83. The summed E-state index contributed by atoms with van der Waals surface area (Å²) in [6.07, 6.45) is 0.569. The lowest BCUT2D eigenvalue weighted by Crippen LogP contribution is -2.47. The molecule has 6 aromatic rings. The molecule has 11 heteroatoms. The molecule has 8 rings (SSSR count). The third-order valence-corrected chi connectivity index (χ3v) is 10.4. The summed E-state index contributed by atoms with van der Waals surface area (Å²) >= 11 is 0. The summed E-state index contributed by atoms with van der Waals surface area (Å²) in [5.74, 6) is 0.0829. The number of allylic oxidation sites excluding steroid dienone is 2. The van der Waals surface area contributed by atoms with Crippen LogP contribution in [0, 0.1) is 11.8 Å². The monoisotopic (exact) mass is 754 g/mol. The number of benzene rings is 6. The van der Waals surface area contributed by atoms with Gasteiger partial charge in [0.2, 0.25) is 0 Å². The maximum atomic E-state index is 12.6. The smallest absolute Gasteiger partial charge is 0.427 e. The van der Waals surface area contributed by atoms with Crippen LogP contribution in [0.15, 0.2) is 126 Å². The van der Waals surface area contributed by atoms with Gasteiger partial charge in [0.25, 0.3) is 0 Å². The van der Waals surface area contributed by atoms with Gasteiger partial charge >= 0.3 is 25.9 Å². The van der Waals surface area contributed by atoms with Crippen LogP contribution in [0.1, 0.15) is 60.4 Å². The summed E-state index contributed by atoms with van der Waals surface area (Å²) in [4.78, 5) is 30.2. The van der Waals surface area contributed by atoms with Crippen molar-refractivity contribution in [3.63, 3.8) is 0 Å². The van der Waals surface area contributed by atoms with E-state index in [1.165, 1.54) is 0 Å². The number of nitrogens with two attached hydrogens (primary N) is 1. The first-order valence-corrected chi connectivity index (χ1v) is 19.4. The second-order valence-corrected chi connectivity index (χ2v) is 15.6. The Morgan fingerprint density at radius 2 is 1.44 bits per heavy atom. The molecule has 2 aliphatic rings. The van der Waals surface area contributed by atoms with E-state index in [0.29, 0.717) is 30.8 Å². The molecule has 1 aliphatic carbocycles. The van der Waals surface area contributed by atoms with Crippen LogP contribution in [0.2, 0.25) is 0 Å². The van der Waals surface area contributed by atoms with E-state index in [1.807, 2.05) is 82.3 Å². The molecule has 0 amide bonds. The Balaban J connectivity index is 1.09. The number of hydrogen-bond acceptors (Lipinski definition) is 9. The molecule has 0 fully saturated rings. The van der Waals surface area contributed by atoms with Crippen molar-refractivity contribution in [3.05, 3.63) is 148 Å². The number of ether oxygens (including phenoxy) is 2. The number of aliphatic hydroxyl groups is 1. The molecule has 5 N–H and O–H groups in total. The molecule has 1 aliphatic heterocycles. The molecule has 0 saturated carbocycles. The van der Waals surface area contributed by atoms with E-state index < -0.39 is 14.0 Å². The predicted octanol–water partition coefficient (Wildman–Crippen LogP) is 6.35. The lowest BCUT2D eigenvalue weighted by atomic mass is 9.67. The van der Waals surface area contributed by atoms with E-state index in [-0.39, 0.29) is 29.5 Å². The minimum atomic E-state index is -0.530. The fourth-order valence-corrected chi connectivity index (χ4v) is 7.32. The van der Waals surface area contributed by atoms with Gasteiger partial charge in [-0.25, -0.2) is 9.59 Å². The zero-order valence-corrected chi connectivity index (χ0v) is 32.5. The van der Waals surface area contributed by atoms with Gasteiger partial charge in [-0.3, -0.25) is 0 Å². The molecule has 1 heterocycles. The first kappa shape index (κ1) is 37.6. The second-order valence-electron chi connectivity index (χ2n) is 15.6. The number of carbonyl (C=O) groups excluding carboxylic acids is 2. The Labute approximate surface area is 332 Å². The Morgan fingerprint density at radius 3 is 2.11 bits per heavy atom. The highest BCUT2D eigenvalue weighted by Gasteiger charge is 2.29. The number of fused-ring (bicyclic) bond motifs is 1. The maximum absolute atomic E-state index is 12.6. The highest BCUT2D eigenvalue weighted by atomic mass is 16.5. The number of nitrogens with one attached hydrogen (secondary N) is 2. The van der Waals surface area contributed by atoms with Gasteiger partial charge in [0.15, 0.2) is 0 Å². The number of esters is 2. The molecule has 9 nitrogen and oxygen atoms in total. The van der Waals surface area contributed by atoms with Crippen LogP contribution in [0.3, 0.4) is 0 Å². The summed E-state index contributed by atoms with van der Waals surface area (Å²) in [5.41, 5.74) is 13.8. The van der Waals surface area contributed by atoms with Crippen LogP contribution < -0.4 is 37.6 Å². The van der Waals surface area contributed by atoms with Crippen molar-refractivity contribution in [2.75, 3.05) is 23.7 Å². The van der Waals surface area contributed by atoms with E-state index in [9.17, 15) is 14.7 Å². The molecular formula is C46H44B2N4O5. The average molecular weight is 755 g/mol. The number of carbonyl (C=O) groups is 2. The number of anilines is 2. The van der Waals surface area contributed by atoms with Crippen LogP contribution in [0.25, 0.3) is 32.7 Å². The molecule has 0 saturated heterocycles. The SMILES string of the molecule is CC(C)COC(=O)c1ccc(B(N)Nc2cccc3ccc(C4=C(O)/C(=c5\ccc6cccc7c6c5=NB(c5ccc(C(=O)OCC(C)C)cc5)N7)C4)cc23)cc1. The van der Waals surface area contributed by atoms with Crippen molar-refractivity contribution in [1.29, 1.82) is 0 Å². The minimum absolute atomic E-state index is 0.256. The third-order valence-electron chi connectivity index (χ3n) is 10.4. The van der Waals surface area contributed by atoms with Crippen LogP contribution >= 0.6 is 0 Å². The normalized spacial score (nSPS) is 14.3. The van der Waals surface area contributed by atoms with Gasteiger partial charge in [0.05, 0.1) is 29.7 Å². The molecular weight excluding hydrogens is 710 g/mol. The zero-order chi connectivity index (χ0) is 39.8. The average Bonchev–Trinajstić information content (AvgIpc) is 3.22. The maximum Gasteiger partial charge on any atom is 0.427 e. The van der Waals surface area contributed by atoms with E-state index in [1.54, 1.807) is 24.3 Å². The van der Waals surface area contributed by atoms with E-state index in [2.05, 4.69) is 46.9 Å². The number of nitrogens with zero attached hydrogens (tertiary/aromatic N) is 1. The van der Waals surface area contributed by atoms with Gasteiger partial charge in [-0.2, -0.15) is 0 Å². The van der Waals surface area contributed by atoms with Gasteiger partial charge < -0.3 is 35.6 Å². The molecule has 0 atom stereocenters. The van der Waals surface area contributed by atoms with Gasteiger partial charge in [-0.15, -0.1) is 0 Å². The molecule has 57 heavy (non-hydrogen) atoms. The summed E-state index contributed by atoms with van der Waals surface area (Å²) in [7, 11) is 0. The van der Waals surface area contributed by atoms with Crippen molar-refractivity contribution >= 4 is 80.9 Å². The molecule has 0 bridgehead atoms. The second kappa shape index (κ2) is 15.7. The van der Waals surface area contributed by atoms with Gasteiger partial charge in [0.1, 0.15) is 5.76 Å². The highest BCUT2D eigenvalue weighted by molar-refractivity contribution is 6.75. The molecule has 0 radical (unpaired) electrons. The van der Waals surface area contributed by atoms with E-state index >= 15 is 0 Å². The fourth-order valence-electron chi connectivity index (χ4n) is 7.32. The molecule has 0 unspecified atom stereocenters. The Hall–Kier alpha value is -6.32. The van der Waals surface area contributed by atoms with Crippen LogP contribution in [0.4, 0.5) is 11.4 Å². The van der Waals surface area contributed by atoms with Crippen LogP contribution in [-0.2, 0) is 9.47 Å². The Kier molecular flexibility index (Phi) is 10.3. The largest absolute Gasteiger partial charge is 0.507 e. The molecule has 0 aromatic heterocycles.